The molecule has 0 spiro atoms. The van der Waals surface area contributed by atoms with Gasteiger partial charge in [-0.3, -0.25) is 14.3 Å². The fraction of sp³-hybridized carbons (Fsp3) is 0.238. The van der Waals surface area contributed by atoms with Crippen LogP contribution < -0.4 is 10.5 Å². The molecule has 0 saturated heterocycles. The van der Waals surface area contributed by atoms with Crippen molar-refractivity contribution in [2.24, 2.45) is 0 Å². The van der Waals surface area contributed by atoms with E-state index in [1.807, 2.05) is 48.5 Å². The minimum atomic E-state index is -3.37. The Labute approximate surface area is 368 Å². The first-order chi connectivity index (χ1) is 28.6. The lowest BCUT2D eigenvalue weighted by Crippen LogP contribution is -2.12. The number of sulfonamides is 1. The zero-order chi connectivity index (χ0) is 45.1. The molecule has 61 heavy (non-hydrogen) atoms. The first-order valence-electron chi connectivity index (χ1n) is 18.2. The Bertz CT molecular complexity index is 2660. The number of rotatable bonds is 12. The SMILES string of the molecule is CS(=O)(=O)Cl.Cc1noc(-c2ccc(N)cc2)c1CC(=O)OC(C)c1ccccc1Cl.Cc1noc(-c2ccc(NS(C)(=O)=O)cc2)c1CC(=O)OC(C)c1ccccc1Cl. The van der Waals surface area contributed by atoms with Crippen LogP contribution in [0.25, 0.3) is 22.6 Å². The molecule has 0 aliphatic rings. The standard InChI is InChI=1S/C21H21ClN2O5S.C20H19ClN2O3.CH3ClO2S/c1-13-18(12-20(25)28-14(2)17-6-4-5-7-19(17)22)21(29-23-13)15-8-10-16(11-9-15)24-30(3,26)27;1-12-17(20(26-23-12)14-7-9-15(22)10-8-14)11-19(24)25-13(2)16-5-3-4-6-18(16)21;1-5(2,3)4/h4-11,14,24H,12H2,1-3H3;3-10,13H,11,22H2,1-2H3;1H3. The summed E-state index contributed by atoms with van der Waals surface area (Å²) in [6.45, 7) is 7.09. The Morgan fingerprint density at radius 3 is 1.39 bits per heavy atom. The highest BCUT2D eigenvalue weighted by Gasteiger charge is 2.23. The first kappa shape index (κ1) is 48.3. The zero-order valence-electron chi connectivity index (χ0n) is 33.8. The van der Waals surface area contributed by atoms with Crippen molar-refractivity contribution >= 4 is 76.3 Å². The quantitative estimate of drug-likeness (QED) is 0.0666. The van der Waals surface area contributed by atoms with Crippen molar-refractivity contribution in [2.75, 3.05) is 23.0 Å². The number of nitrogens with one attached hydrogen (secondary N) is 1. The van der Waals surface area contributed by atoms with Crippen molar-refractivity contribution in [2.45, 2.75) is 52.7 Å². The molecule has 0 radical (unpaired) electrons. The van der Waals surface area contributed by atoms with Crippen LogP contribution in [0.4, 0.5) is 11.4 Å². The number of aryl methyl sites for hydroxylation is 2. The van der Waals surface area contributed by atoms with Gasteiger partial charge in [-0.15, -0.1) is 0 Å². The molecule has 2 unspecified atom stereocenters. The van der Waals surface area contributed by atoms with Crippen LogP contribution in [0.1, 0.15) is 59.7 Å². The molecule has 2 atom stereocenters. The van der Waals surface area contributed by atoms with Crippen molar-refractivity contribution < 1.29 is 44.9 Å². The zero-order valence-corrected chi connectivity index (χ0v) is 37.7. The highest BCUT2D eigenvalue weighted by atomic mass is 35.7. The van der Waals surface area contributed by atoms with Gasteiger partial charge in [0.05, 0.1) is 36.7 Å². The number of aromatic nitrogens is 2. The third kappa shape index (κ3) is 15.2. The van der Waals surface area contributed by atoms with Crippen molar-refractivity contribution in [3.05, 3.63) is 141 Å². The maximum atomic E-state index is 12.5. The van der Waals surface area contributed by atoms with Crippen LogP contribution in [0.5, 0.6) is 0 Å². The number of benzene rings is 4. The number of nitrogens with zero attached hydrogens (tertiary/aromatic N) is 2. The number of carbonyl (C=O) groups is 2. The molecule has 14 nitrogen and oxygen atoms in total. The molecule has 0 fully saturated rings. The fourth-order valence-corrected chi connectivity index (χ4v) is 6.83. The maximum Gasteiger partial charge on any atom is 0.311 e. The predicted molar refractivity (Wildman–Crippen MR) is 236 cm³/mol. The summed E-state index contributed by atoms with van der Waals surface area (Å²) < 4.78 is 65.8. The molecule has 19 heteroatoms. The number of nitrogens with two attached hydrogens (primary N) is 1. The average Bonchev–Trinajstić information content (AvgIpc) is 3.71. The largest absolute Gasteiger partial charge is 0.457 e. The number of ether oxygens (including phenoxy) is 2. The van der Waals surface area contributed by atoms with E-state index in [4.69, 9.17) is 47.5 Å². The third-order valence-corrected chi connectivity index (χ3v) is 9.83. The van der Waals surface area contributed by atoms with E-state index >= 15 is 0 Å². The summed E-state index contributed by atoms with van der Waals surface area (Å²) in [6, 6.07) is 28.3. The van der Waals surface area contributed by atoms with Crippen LogP contribution in [0.2, 0.25) is 10.0 Å². The molecule has 6 aromatic rings. The number of carbonyl (C=O) groups excluding carboxylic acids is 2. The number of hydrogen-bond donors (Lipinski definition) is 2. The summed E-state index contributed by atoms with van der Waals surface area (Å²) in [5.74, 6) is 0.163. The van der Waals surface area contributed by atoms with Crippen molar-refractivity contribution in [1.29, 1.82) is 0 Å². The van der Waals surface area contributed by atoms with Gasteiger partial charge in [0.15, 0.2) is 11.5 Å². The predicted octanol–water partition coefficient (Wildman–Crippen LogP) is 9.44. The molecule has 2 aromatic heterocycles. The summed E-state index contributed by atoms with van der Waals surface area (Å²) in [5, 5.41) is 9.04. The van der Waals surface area contributed by atoms with Crippen LogP contribution in [0.15, 0.2) is 106 Å². The van der Waals surface area contributed by atoms with Crippen LogP contribution in [-0.4, -0.2) is 51.6 Å². The molecular formula is C42H43Cl3N4O10S2. The van der Waals surface area contributed by atoms with E-state index in [9.17, 15) is 26.4 Å². The number of nitrogen functional groups attached to an aromatic ring is 1. The summed E-state index contributed by atoms with van der Waals surface area (Å²) in [7, 11) is -2.06. The van der Waals surface area contributed by atoms with Gasteiger partial charge < -0.3 is 24.3 Å². The molecule has 2 heterocycles. The van der Waals surface area contributed by atoms with E-state index in [1.54, 1.807) is 76.2 Å². The number of hydrogen-bond acceptors (Lipinski definition) is 13. The van der Waals surface area contributed by atoms with Crippen LogP contribution >= 0.6 is 33.9 Å². The molecule has 0 amide bonds. The lowest BCUT2D eigenvalue weighted by Gasteiger charge is -2.15. The summed E-state index contributed by atoms with van der Waals surface area (Å²) >= 11 is 12.3. The van der Waals surface area contributed by atoms with Crippen molar-refractivity contribution in [3.63, 3.8) is 0 Å². The van der Waals surface area contributed by atoms with E-state index in [1.165, 1.54) is 0 Å². The van der Waals surface area contributed by atoms with Gasteiger partial charge in [-0.1, -0.05) is 69.9 Å². The topological polar surface area (TPSA) is 211 Å². The van der Waals surface area contributed by atoms with Gasteiger partial charge in [0, 0.05) is 65.5 Å². The van der Waals surface area contributed by atoms with Crippen molar-refractivity contribution in [3.8, 4) is 22.6 Å². The molecule has 0 bridgehead atoms. The number of anilines is 2. The van der Waals surface area contributed by atoms with Gasteiger partial charge in [0.2, 0.25) is 19.1 Å². The normalized spacial score (nSPS) is 12.1. The first-order valence-corrected chi connectivity index (χ1v) is 23.6. The highest BCUT2D eigenvalue weighted by molar-refractivity contribution is 8.13. The molecule has 0 aliphatic carbocycles. The third-order valence-electron chi connectivity index (χ3n) is 8.54. The molecular weight excluding hydrogens is 891 g/mol. The molecule has 0 aliphatic heterocycles. The Morgan fingerprint density at radius 1 is 0.672 bits per heavy atom. The molecule has 324 valence electrons. The average molecular weight is 934 g/mol. The minimum absolute atomic E-state index is 0.0250. The molecule has 0 saturated carbocycles. The second kappa shape index (κ2) is 21.4. The van der Waals surface area contributed by atoms with E-state index in [2.05, 4.69) is 25.7 Å². The van der Waals surface area contributed by atoms with E-state index in [-0.39, 0.29) is 18.8 Å². The Morgan fingerprint density at radius 2 is 1.03 bits per heavy atom. The summed E-state index contributed by atoms with van der Waals surface area (Å²) in [4.78, 5) is 25.0. The molecule has 4 aromatic carbocycles. The minimum Gasteiger partial charge on any atom is -0.457 e. The maximum absolute atomic E-state index is 12.5. The van der Waals surface area contributed by atoms with Gasteiger partial charge in [-0.25, -0.2) is 16.8 Å². The van der Waals surface area contributed by atoms with E-state index in [0.29, 0.717) is 61.0 Å². The second-order valence-corrected chi connectivity index (χ2v) is 19.2. The van der Waals surface area contributed by atoms with Crippen molar-refractivity contribution in [1.82, 2.24) is 10.3 Å². The Hall–Kier alpha value is -5.39. The lowest BCUT2D eigenvalue weighted by molar-refractivity contribution is -0.148. The smallest absolute Gasteiger partial charge is 0.311 e. The van der Waals surface area contributed by atoms with Gasteiger partial charge in [0.1, 0.15) is 12.2 Å². The Balaban J connectivity index is 0.000000244. The molecule has 3 N–H and O–H groups in total. The van der Waals surface area contributed by atoms with Gasteiger partial charge in [0.25, 0.3) is 0 Å². The second-order valence-electron chi connectivity index (χ2n) is 13.6. The monoisotopic (exact) mass is 932 g/mol. The fourth-order valence-electron chi connectivity index (χ4n) is 5.69. The summed E-state index contributed by atoms with van der Waals surface area (Å²) in [5.41, 5.74) is 12.3. The van der Waals surface area contributed by atoms with Gasteiger partial charge in [-0.05, 0) is 88.4 Å². The van der Waals surface area contributed by atoms with Gasteiger partial charge >= 0.3 is 11.9 Å². The highest BCUT2D eigenvalue weighted by Crippen LogP contribution is 2.32. The van der Waals surface area contributed by atoms with E-state index < -0.39 is 37.3 Å². The van der Waals surface area contributed by atoms with Crippen LogP contribution in [-0.2, 0) is 51.0 Å². The lowest BCUT2D eigenvalue weighted by atomic mass is 10.0. The molecule has 6 rings (SSSR count). The van der Waals surface area contributed by atoms with Crippen LogP contribution in [0.3, 0.4) is 0 Å². The summed E-state index contributed by atoms with van der Waals surface area (Å²) in [6.07, 6.45) is 1.09. The van der Waals surface area contributed by atoms with Gasteiger partial charge in [-0.2, -0.15) is 0 Å². The van der Waals surface area contributed by atoms with Crippen LogP contribution in [0, 0.1) is 13.8 Å². The number of halogens is 3. The Kier molecular flexibility index (Phi) is 16.9. The van der Waals surface area contributed by atoms with E-state index in [0.717, 1.165) is 29.2 Å². The number of esters is 2.